The molecule has 114 valence electrons. The summed E-state index contributed by atoms with van der Waals surface area (Å²) in [6, 6.07) is 4.04. The molecule has 0 saturated carbocycles. The van der Waals surface area contributed by atoms with Gasteiger partial charge in [0.25, 0.3) is 5.91 Å². The Morgan fingerprint density at radius 3 is 2.38 bits per heavy atom. The second kappa shape index (κ2) is 8.14. The van der Waals surface area contributed by atoms with Crippen LogP contribution in [0.1, 0.15) is 36.5 Å². The van der Waals surface area contributed by atoms with Crippen molar-refractivity contribution >= 4 is 17.7 Å². The molecular formula is C15H18FNO4. The van der Waals surface area contributed by atoms with Crippen molar-refractivity contribution in [2.75, 3.05) is 7.11 Å². The van der Waals surface area contributed by atoms with E-state index in [1.54, 1.807) is 6.92 Å². The molecule has 0 fully saturated rings. The maximum Gasteiger partial charge on any atom is 0.328 e. The van der Waals surface area contributed by atoms with E-state index in [1.165, 1.54) is 19.2 Å². The van der Waals surface area contributed by atoms with E-state index in [-0.39, 0.29) is 24.2 Å². The van der Waals surface area contributed by atoms with Gasteiger partial charge >= 0.3 is 5.97 Å². The van der Waals surface area contributed by atoms with Crippen LogP contribution in [-0.2, 0) is 14.3 Å². The molecule has 0 aromatic heterocycles. The molecule has 1 rings (SSSR count). The normalized spacial score (nSPS) is 11.6. The highest BCUT2D eigenvalue weighted by Crippen LogP contribution is 2.06. The summed E-state index contributed by atoms with van der Waals surface area (Å²) in [6.45, 7) is 1.73. The van der Waals surface area contributed by atoms with Crippen LogP contribution in [-0.4, -0.2) is 30.8 Å². The summed E-state index contributed by atoms with van der Waals surface area (Å²) >= 11 is 0. The van der Waals surface area contributed by atoms with E-state index in [2.05, 4.69) is 10.1 Å². The third kappa shape index (κ3) is 5.33. The van der Waals surface area contributed by atoms with E-state index >= 15 is 0 Å². The molecule has 1 aromatic carbocycles. The summed E-state index contributed by atoms with van der Waals surface area (Å²) in [5, 5.41) is 2.49. The Labute approximate surface area is 122 Å². The molecule has 1 aromatic rings. The van der Waals surface area contributed by atoms with E-state index in [9.17, 15) is 18.8 Å². The Kier molecular flexibility index (Phi) is 6.52. The first-order valence-electron chi connectivity index (χ1n) is 6.63. The van der Waals surface area contributed by atoms with E-state index in [0.717, 1.165) is 12.1 Å². The number of hydrogen-bond donors (Lipinski definition) is 1. The van der Waals surface area contributed by atoms with Crippen LogP contribution in [0.4, 0.5) is 4.39 Å². The van der Waals surface area contributed by atoms with Gasteiger partial charge in [-0.05, 0) is 30.7 Å². The highest BCUT2D eigenvalue weighted by molar-refractivity contribution is 5.96. The van der Waals surface area contributed by atoms with Gasteiger partial charge in [0, 0.05) is 18.4 Å². The fraction of sp³-hybridized carbons (Fsp3) is 0.400. The Morgan fingerprint density at radius 2 is 1.86 bits per heavy atom. The number of ketones is 1. The summed E-state index contributed by atoms with van der Waals surface area (Å²) in [4.78, 5) is 34.9. The van der Waals surface area contributed by atoms with Gasteiger partial charge in [-0.3, -0.25) is 9.59 Å². The maximum absolute atomic E-state index is 12.8. The van der Waals surface area contributed by atoms with Crippen LogP contribution in [0.3, 0.4) is 0 Å². The average Bonchev–Trinajstić information content (AvgIpc) is 2.50. The zero-order chi connectivity index (χ0) is 15.8. The first-order valence-corrected chi connectivity index (χ1v) is 6.63. The third-order valence-electron chi connectivity index (χ3n) is 3.00. The van der Waals surface area contributed by atoms with Gasteiger partial charge in [0.15, 0.2) is 0 Å². The lowest BCUT2D eigenvalue weighted by Crippen LogP contribution is -2.41. The molecule has 0 aliphatic heterocycles. The van der Waals surface area contributed by atoms with Crippen LogP contribution < -0.4 is 5.32 Å². The van der Waals surface area contributed by atoms with E-state index in [1.807, 2.05) is 0 Å². The van der Waals surface area contributed by atoms with Crippen molar-refractivity contribution in [2.45, 2.75) is 32.2 Å². The maximum atomic E-state index is 12.8. The van der Waals surface area contributed by atoms with Crippen LogP contribution in [0.5, 0.6) is 0 Å². The number of halogens is 1. The smallest absolute Gasteiger partial charge is 0.328 e. The number of nitrogens with one attached hydrogen (secondary N) is 1. The predicted octanol–water partition coefficient (Wildman–Crippen LogP) is 1.86. The van der Waals surface area contributed by atoms with E-state index < -0.39 is 23.7 Å². The summed E-state index contributed by atoms with van der Waals surface area (Å²) < 4.78 is 17.4. The molecule has 1 atom stereocenters. The molecule has 1 amide bonds. The summed E-state index contributed by atoms with van der Waals surface area (Å²) in [6.07, 6.45) is 0.728. The predicted molar refractivity (Wildman–Crippen MR) is 74.2 cm³/mol. The lowest BCUT2D eigenvalue weighted by molar-refractivity contribution is -0.143. The van der Waals surface area contributed by atoms with Gasteiger partial charge in [0.1, 0.15) is 17.6 Å². The SMILES string of the molecule is CCC(=O)CC[C@H](NC(=O)c1ccc(F)cc1)C(=O)OC. The molecule has 0 radical (unpaired) electrons. The molecule has 0 aliphatic rings. The lowest BCUT2D eigenvalue weighted by Gasteiger charge is -2.16. The number of ether oxygens (including phenoxy) is 1. The van der Waals surface area contributed by atoms with Crippen LogP contribution in [0.25, 0.3) is 0 Å². The Balaban J connectivity index is 2.71. The van der Waals surface area contributed by atoms with Gasteiger partial charge < -0.3 is 10.1 Å². The van der Waals surface area contributed by atoms with Crippen molar-refractivity contribution in [3.8, 4) is 0 Å². The van der Waals surface area contributed by atoms with Crippen molar-refractivity contribution in [3.05, 3.63) is 35.6 Å². The second-order valence-electron chi connectivity index (χ2n) is 4.49. The number of carbonyl (C=O) groups is 3. The molecule has 0 bridgehead atoms. The van der Waals surface area contributed by atoms with Crippen molar-refractivity contribution < 1.29 is 23.5 Å². The first kappa shape index (κ1) is 16.8. The van der Waals surface area contributed by atoms with Crippen LogP contribution in [0, 0.1) is 5.82 Å². The molecule has 0 unspecified atom stereocenters. The van der Waals surface area contributed by atoms with Crippen LogP contribution in [0.2, 0.25) is 0 Å². The van der Waals surface area contributed by atoms with Crippen LogP contribution >= 0.6 is 0 Å². The van der Waals surface area contributed by atoms with Gasteiger partial charge in [0.05, 0.1) is 7.11 Å². The van der Waals surface area contributed by atoms with E-state index in [4.69, 9.17) is 0 Å². The summed E-state index contributed by atoms with van der Waals surface area (Å²) in [7, 11) is 1.21. The molecule has 0 heterocycles. The number of hydrogen-bond acceptors (Lipinski definition) is 4. The molecule has 0 spiro atoms. The standard InChI is InChI=1S/C15H18FNO4/c1-3-12(18)8-9-13(15(20)21-2)17-14(19)10-4-6-11(16)7-5-10/h4-7,13H,3,8-9H2,1-2H3,(H,17,19)/t13-/m0/s1. The van der Waals surface area contributed by atoms with Gasteiger partial charge in [-0.1, -0.05) is 6.92 Å². The molecule has 0 aliphatic carbocycles. The molecule has 0 saturated heterocycles. The molecule has 21 heavy (non-hydrogen) atoms. The molecule has 5 nitrogen and oxygen atoms in total. The Morgan fingerprint density at radius 1 is 1.24 bits per heavy atom. The minimum absolute atomic E-state index is 0.0000609. The van der Waals surface area contributed by atoms with Crippen molar-refractivity contribution in [3.63, 3.8) is 0 Å². The lowest BCUT2D eigenvalue weighted by atomic mass is 10.1. The number of rotatable bonds is 7. The van der Waals surface area contributed by atoms with Gasteiger partial charge in [-0.25, -0.2) is 9.18 Å². The van der Waals surface area contributed by atoms with Crippen molar-refractivity contribution in [1.29, 1.82) is 0 Å². The van der Waals surface area contributed by atoms with Gasteiger partial charge in [0.2, 0.25) is 0 Å². The fourth-order valence-corrected chi connectivity index (χ4v) is 1.72. The topological polar surface area (TPSA) is 72.5 Å². The summed E-state index contributed by atoms with van der Waals surface area (Å²) in [5.74, 6) is -1.59. The molecule has 6 heteroatoms. The highest BCUT2D eigenvalue weighted by atomic mass is 19.1. The fourth-order valence-electron chi connectivity index (χ4n) is 1.72. The molecular weight excluding hydrogens is 277 g/mol. The van der Waals surface area contributed by atoms with Gasteiger partial charge in [-0.2, -0.15) is 0 Å². The third-order valence-corrected chi connectivity index (χ3v) is 3.00. The number of Topliss-reactive ketones (excluding diaryl/α,β-unsaturated/α-hetero) is 1. The number of carbonyl (C=O) groups excluding carboxylic acids is 3. The zero-order valence-electron chi connectivity index (χ0n) is 12.0. The minimum atomic E-state index is -0.900. The van der Waals surface area contributed by atoms with Crippen molar-refractivity contribution in [1.82, 2.24) is 5.32 Å². The quantitative estimate of drug-likeness (QED) is 0.779. The summed E-state index contributed by atoms with van der Waals surface area (Å²) in [5.41, 5.74) is 0.229. The Hall–Kier alpha value is -2.24. The zero-order valence-corrected chi connectivity index (χ0v) is 12.0. The van der Waals surface area contributed by atoms with Crippen molar-refractivity contribution in [2.24, 2.45) is 0 Å². The second-order valence-corrected chi connectivity index (χ2v) is 4.49. The average molecular weight is 295 g/mol. The Bertz CT molecular complexity index is 513. The van der Waals surface area contributed by atoms with E-state index in [0.29, 0.717) is 6.42 Å². The minimum Gasteiger partial charge on any atom is -0.467 e. The number of methoxy groups -OCH3 is 1. The number of amides is 1. The number of benzene rings is 1. The van der Waals surface area contributed by atoms with Gasteiger partial charge in [-0.15, -0.1) is 0 Å². The number of esters is 1. The monoisotopic (exact) mass is 295 g/mol. The van der Waals surface area contributed by atoms with Crippen LogP contribution in [0.15, 0.2) is 24.3 Å². The first-order chi connectivity index (χ1) is 9.97. The highest BCUT2D eigenvalue weighted by Gasteiger charge is 2.22. The molecule has 1 N–H and O–H groups in total. The largest absolute Gasteiger partial charge is 0.467 e.